The van der Waals surface area contributed by atoms with Crippen molar-refractivity contribution in [1.82, 2.24) is 9.97 Å². The van der Waals surface area contributed by atoms with Gasteiger partial charge in [0.05, 0.1) is 10.0 Å². The quantitative estimate of drug-likeness (QED) is 0.786. The van der Waals surface area contributed by atoms with Crippen LogP contribution in [0, 0.1) is 5.82 Å². The molecule has 106 valence electrons. The zero-order valence-electron chi connectivity index (χ0n) is 11.1. The third-order valence-corrected chi connectivity index (χ3v) is 3.49. The molecule has 0 aliphatic heterocycles. The van der Waals surface area contributed by atoms with Crippen molar-refractivity contribution >= 4 is 15.9 Å². The van der Waals surface area contributed by atoms with Gasteiger partial charge >= 0.3 is 0 Å². The Morgan fingerprint density at radius 1 is 1.25 bits per heavy atom. The van der Waals surface area contributed by atoms with Gasteiger partial charge in [-0.2, -0.15) is 0 Å². The zero-order valence-corrected chi connectivity index (χ0v) is 12.7. The van der Waals surface area contributed by atoms with E-state index in [-0.39, 0.29) is 5.82 Å². The first-order valence-corrected chi connectivity index (χ1v) is 7.30. The SMILES string of the molecule is CCC(F)CCc1ccc(-c2ncc(Br)cn2)c(F)c1. The van der Waals surface area contributed by atoms with E-state index >= 15 is 0 Å². The number of alkyl halides is 1. The molecule has 0 N–H and O–H groups in total. The molecule has 1 unspecified atom stereocenters. The average molecular weight is 341 g/mol. The predicted octanol–water partition coefficient (Wildman–Crippen LogP) is 4.73. The van der Waals surface area contributed by atoms with E-state index < -0.39 is 6.17 Å². The second-order valence-corrected chi connectivity index (χ2v) is 5.50. The van der Waals surface area contributed by atoms with Gasteiger partial charge in [-0.3, -0.25) is 0 Å². The van der Waals surface area contributed by atoms with Gasteiger partial charge < -0.3 is 0 Å². The standard InChI is InChI=1S/C15H15BrF2N2/c1-2-12(17)5-3-10-4-6-13(14(18)7-10)15-19-8-11(16)9-20-15/h4,6-9,12H,2-3,5H2,1H3. The first-order chi connectivity index (χ1) is 9.60. The summed E-state index contributed by atoms with van der Waals surface area (Å²) in [6, 6.07) is 4.88. The summed E-state index contributed by atoms with van der Waals surface area (Å²) in [5.74, 6) is -0.0362. The second kappa shape index (κ2) is 6.88. The van der Waals surface area contributed by atoms with Gasteiger partial charge in [0.15, 0.2) is 5.82 Å². The van der Waals surface area contributed by atoms with Crippen LogP contribution >= 0.6 is 15.9 Å². The number of benzene rings is 1. The highest BCUT2D eigenvalue weighted by molar-refractivity contribution is 9.10. The molecule has 0 amide bonds. The van der Waals surface area contributed by atoms with Crippen LogP contribution in [0.3, 0.4) is 0 Å². The van der Waals surface area contributed by atoms with E-state index in [0.29, 0.717) is 30.7 Å². The van der Waals surface area contributed by atoms with Crippen LogP contribution in [0.5, 0.6) is 0 Å². The van der Waals surface area contributed by atoms with Gasteiger partial charge in [0.25, 0.3) is 0 Å². The van der Waals surface area contributed by atoms with Crippen molar-refractivity contribution < 1.29 is 8.78 Å². The summed E-state index contributed by atoms with van der Waals surface area (Å²) in [4.78, 5) is 8.14. The molecule has 0 fully saturated rings. The van der Waals surface area contributed by atoms with E-state index in [1.54, 1.807) is 31.5 Å². The summed E-state index contributed by atoms with van der Waals surface area (Å²) in [6.07, 6.45) is 3.77. The Morgan fingerprint density at radius 3 is 2.55 bits per heavy atom. The minimum absolute atomic E-state index is 0.342. The van der Waals surface area contributed by atoms with E-state index in [0.717, 1.165) is 10.0 Å². The molecule has 0 spiro atoms. The average Bonchev–Trinajstić information content (AvgIpc) is 2.46. The van der Waals surface area contributed by atoms with Gasteiger partial charge in [-0.1, -0.05) is 13.0 Å². The van der Waals surface area contributed by atoms with Crippen molar-refractivity contribution in [2.24, 2.45) is 0 Å². The van der Waals surface area contributed by atoms with E-state index in [2.05, 4.69) is 25.9 Å². The third kappa shape index (κ3) is 3.82. The molecular weight excluding hydrogens is 326 g/mol. The van der Waals surface area contributed by atoms with Crippen LogP contribution in [0.25, 0.3) is 11.4 Å². The lowest BCUT2D eigenvalue weighted by atomic mass is 10.0. The molecule has 20 heavy (non-hydrogen) atoms. The number of nitrogens with zero attached hydrogens (tertiary/aromatic N) is 2. The molecule has 5 heteroatoms. The van der Waals surface area contributed by atoms with E-state index in [1.165, 1.54) is 6.07 Å². The highest BCUT2D eigenvalue weighted by Crippen LogP contribution is 2.22. The van der Waals surface area contributed by atoms with Crippen molar-refractivity contribution in [3.63, 3.8) is 0 Å². The lowest BCUT2D eigenvalue weighted by molar-refractivity contribution is 0.306. The van der Waals surface area contributed by atoms with Crippen LogP contribution in [0.15, 0.2) is 35.1 Å². The minimum atomic E-state index is -0.826. The maximum absolute atomic E-state index is 14.1. The van der Waals surface area contributed by atoms with Crippen LogP contribution in [0.2, 0.25) is 0 Å². The molecule has 0 aliphatic carbocycles. The number of aromatic nitrogens is 2. The van der Waals surface area contributed by atoms with Crippen LogP contribution in [0.4, 0.5) is 8.78 Å². The summed E-state index contributed by atoms with van der Waals surface area (Å²) < 4.78 is 28.0. The normalized spacial score (nSPS) is 12.4. The van der Waals surface area contributed by atoms with Gasteiger partial charge in [-0.15, -0.1) is 0 Å². The Kier molecular flexibility index (Phi) is 5.17. The van der Waals surface area contributed by atoms with Crippen LogP contribution in [0.1, 0.15) is 25.3 Å². The molecule has 1 aromatic carbocycles. The number of halogens is 3. The van der Waals surface area contributed by atoms with Gasteiger partial charge in [-0.05, 0) is 52.9 Å². The minimum Gasteiger partial charge on any atom is -0.247 e. The zero-order chi connectivity index (χ0) is 14.5. The molecule has 0 aliphatic rings. The number of rotatable bonds is 5. The molecule has 1 atom stereocenters. The van der Waals surface area contributed by atoms with Gasteiger partial charge in [0, 0.05) is 12.4 Å². The summed E-state index contributed by atoms with van der Waals surface area (Å²) in [5.41, 5.74) is 1.15. The van der Waals surface area contributed by atoms with Crippen molar-refractivity contribution in [3.05, 3.63) is 46.4 Å². The first-order valence-electron chi connectivity index (χ1n) is 6.50. The molecule has 0 saturated carbocycles. The van der Waals surface area contributed by atoms with Crippen LogP contribution in [-0.2, 0) is 6.42 Å². The first kappa shape index (κ1) is 15.0. The topological polar surface area (TPSA) is 25.8 Å². The van der Waals surface area contributed by atoms with Crippen LogP contribution in [-0.4, -0.2) is 16.1 Å². The highest BCUT2D eigenvalue weighted by atomic mass is 79.9. The molecule has 0 radical (unpaired) electrons. The fraction of sp³-hybridized carbons (Fsp3) is 0.333. The van der Waals surface area contributed by atoms with Crippen molar-refractivity contribution in [1.29, 1.82) is 0 Å². The van der Waals surface area contributed by atoms with Gasteiger partial charge in [0.1, 0.15) is 12.0 Å². The predicted molar refractivity (Wildman–Crippen MR) is 78.6 cm³/mol. The summed E-state index contributed by atoms with van der Waals surface area (Å²) in [7, 11) is 0. The van der Waals surface area contributed by atoms with Gasteiger partial charge in [-0.25, -0.2) is 18.7 Å². The van der Waals surface area contributed by atoms with Crippen molar-refractivity contribution in [2.75, 3.05) is 0 Å². The monoisotopic (exact) mass is 340 g/mol. The summed E-state index contributed by atoms with van der Waals surface area (Å²) >= 11 is 3.23. The van der Waals surface area contributed by atoms with E-state index in [4.69, 9.17) is 0 Å². The molecule has 0 saturated heterocycles. The molecule has 2 nitrogen and oxygen atoms in total. The number of aryl methyl sites for hydroxylation is 1. The maximum Gasteiger partial charge on any atom is 0.162 e. The van der Waals surface area contributed by atoms with E-state index in [1.807, 2.05) is 0 Å². The third-order valence-electron chi connectivity index (χ3n) is 3.08. The fourth-order valence-electron chi connectivity index (χ4n) is 1.87. The molecule has 1 heterocycles. The summed E-state index contributed by atoms with van der Waals surface area (Å²) in [5, 5.41) is 0. The number of hydrogen-bond donors (Lipinski definition) is 0. The Labute approximate surface area is 125 Å². The number of hydrogen-bond acceptors (Lipinski definition) is 2. The van der Waals surface area contributed by atoms with Gasteiger partial charge in [0.2, 0.25) is 0 Å². The Balaban J connectivity index is 2.15. The Hall–Kier alpha value is -1.36. The lowest BCUT2D eigenvalue weighted by Crippen LogP contribution is -2.00. The van der Waals surface area contributed by atoms with E-state index in [9.17, 15) is 8.78 Å². The smallest absolute Gasteiger partial charge is 0.162 e. The molecule has 2 rings (SSSR count). The molecule has 1 aromatic heterocycles. The second-order valence-electron chi connectivity index (χ2n) is 4.58. The molecule has 2 aromatic rings. The van der Waals surface area contributed by atoms with Crippen molar-refractivity contribution in [3.8, 4) is 11.4 Å². The van der Waals surface area contributed by atoms with Crippen LogP contribution < -0.4 is 0 Å². The lowest BCUT2D eigenvalue weighted by Gasteiger charge is -2.07. The molecular formula is C15H15BrF2N2. The maximum atomic E-state index is 14.1. The molecule has 0 bridgehead atoms. The Morgan fingerprint density at radius 2 is 1.95 bits per heavy atom. The highest BCUT2D eigenvalue weighted by Gasteiger charge is 2.10. The summed E-state index contributed by atoms with van der Waals surface area (Å²) in [6.45, 7) is 1.80. The Bertz CT molecular complexity index is 573. The van der Waals surface area contributed by atoms with Crippen molar-refractivity contribution in [2.45, 2.75) is 32.4 Å². The fourth-order valence-corrected chi connectivity index (χ4v) is 2.08. The largest absolute Gasteiger partial charge is 0.247 e.